The molecule has 1 heteroatoms. The summed E-state index contributed by atoms with van der Waals surface area (Å²) in [4.78, 5) is 0. The molecular weight excluding hydrogens is 212 g/mol. The Morgan fingerprint density at radius 2 is 2.50 bits per heavy atom. The maximum absolute atomic E-state index is 3.02. The van der Waals surface area contributed by atoms with Gasteiger partial charge in [0.1, 0.15) is 0 Å². The van der Waals surface area contributed by atoms with Crippen molar-refractivity contribution in [2.75, 3.05) is 0 Å². The van der Waals surface area contributed by atoms with E-state index in [2.05, 4.69) is 12.1 Å². The van der Waals surface area contributed by atoms with E-state index in [9.17, 15) is 0 Å². The molecule has 41 valence electrons. The van der Waals surface area contributed by atoms with Gasteiger partial charge in [0.15, 0.2) is 0 Å². The Bertz CT molecular complexity index is 146. The molecule has 0 saturated carbocycles. The van der Waals surface area contributed by atoms with E-state index in [-0.39, 0.29) is 0 Å². The maximum atomic E-state index is 3.02. The summed E-state index contributed by atoms with van der Waals surface area (Å²) in [6.45, 7) is 0. The Hall–Kier alpha value is 0.00961. The quantitative estimate of drug-likeness (QED) is 0.615. The fraction of sp³-hybridized carbons (Fsp3) is 0.143. The summed E-state index contributed by atoms with van der Waals surface area (Å²) in [6.07, 6.45) is 0. The summed E-state index contributed by atoms with van der Waals surface area (Å²) in [5.41, 5.74) is 1.38. The van der Waals surface area contributed by atoms with Crippen molar-refractivity contribution in [3.63, 3.8) is 0 Å². The van der Waals surface area contributed by atoms with Crippen LogP contribution in [0.15, 0.2) is 24.3 Å². The molecule has 0 aromatic heterocycles. The van der Waals surface area contributed by atoms with Crippen LogP contribution in [0.5, 0.6) is 0 Å². The molecule has 1 aromatic rings. The minimum absolute atomic E-state index is 1.16. The van der Waals surface area contributed by atoms with Gasteiger partial charge in [-0.05, 0) is 0 Å². The fourth-order valence-corrected chi connectivity index (χ4v) is 1.09. The van der Waals surface area contributed by atoms with Gasteiger partial charge in [0.05, 0.1) is 0 Å². The van der Waals surface area contributed by atoms with E-state index in [4.69, 9.17) is 0 Å². The zero-order valence-electron chi connectivity index (χ0n) is 4.46. The van der Waals surface area contributed by atoms with Crippen molar-refractivity contribution in [2.24, 2.45) is 0 Å². The van der Waals surface area contributed by atoms with Crippen LogP contribution < -0.4 is 0 Å². The van der Waals surface area contributed by atoms with Crippen LogP contribution in [0.3, 0.4) is 0 Å². The van der Waals surface area contributed by atoms with Gasteiger partial charge < -0.3 is 0 Å². The average molecular weight is 219 g/mol. The van der Waals surface area contributed by atoms with E-state index in [1.54, 1.807) is 0 Å². The van der Waals surface area contributed by atoms with Gasteiger partial charge in [0.2, 0.25) is 0 Å². The van der Waals surface area contributed by atoms with Gasteiger partial charge >= 0.3 is 62.7 Å². The molecule has 0 aliphatic carbocycles. The number of benzene rings is 1. The summed E-state index contributed by atoms with van der Waals surface area (Å²) < 4.78 is 1.16. The van der Waals surface area contributed by atoms with Crippen molar-refractivity contribution in [3.8, 4) is 0 Å². The first-order valence-corrected chi connectivity index (χ1v) is 4.30. The molecule has 0 amide bonds. The topological polar surface area (TPSA) is 0 Å². The molecule has 1 aromatic carbocycles. The van der Waals surface area contributed by atoms with Crippen LogP contribution in [-0.2, 0) is 4.47 Å². The predicted molar refractivity (Wildman–Crippen MR) is 36.1 cm³/mol. The summed E-state index contributed by atoms with van der Waals surface area (Å²) in [6, 6.07) is 11.1. The molecule has 0 aliphatic rings. The number of hydrogen-bond donors (Lipinski definition) is 0. The molecule has 0 fully saturated rings. The molecule has 1 radical (unpaired) electrons. The fourth-order valence-electron chi connectivity index (χ4n) is 0.529. The molecule has 0 N–H and O–H groups in total. The first-order valence-electron chi connectivity index (χ1n) is 2.49. The Kier molecular flexibility index (Phi) is 2.39. The third-order valence-corrected chi connectivity index (χ3v) is 2.00. The SMILES string of the molecule is [TeH]Cc1c[c]ccc1. The summed E-state index contributed by atoms with van der Waals surface area (Å²) in [7, 11) is 0. The Morgan fingerprint density at radius 1 is 1.62 bits per heavy atom. The van der Waals surface area contributed by atoms with E-state index in [0.717, 1.165) is 4.47 Å². The molecule has 0 unspecified atom stereocenters. The predicted octanol–water partition coefficient (Wildman–Crippen LogP) is 0.888. The van der Waals surface area contributed by atoms with E-state index < -0.39 is 0 Å². The minimum atomic E-state index is 1.16. The number of rotatable bonds is 1. The molecule has 0 saturated heterocycles. The standard InChI is InChI=1S/C7H7Te/c8-6-7-4-2-1-3-5-7/h1-2,4-5,8H,6H2. The van der Waals surface area contributed by atoms with Gasteiger partial charge in [0.25, 0.3) is 0 Å². The van der Waals surface area contributed by atoms with Crippen LogP contribution in [0, 0.1) is 6.07 Å². The molecule has 1 rings (SSSR count). The van der Waals surface area contributed by atoms with Crippen molar-refractivity contribution in [1.29, 1.82) is 0 Å². The van der Waals surface area contributed by atoms with Gasteiger partial charge in [-0.2, -0.15) is 0 Å². The molecule has 0 bridgehead atoms. The second-order valence-corrected chi connectivity index (χ2v) is 2.47. The monoisotopic (exact) mass is 221 g/mol. The van der Waals surface area contributed by atoms with E-state index in [1.165, 1.54) is 5.56 Å². The molecule has 0 spiro atoms. The first-order chi connectivity index (χ1) is 3.93. The Morgan fingerprint density at radius 3 is 2.88 bits per heavy atom. The van der Waals surface area contributed by atoms with Crippen LogP contribution in [0.4, 0.5) is 0 Å². The van der Waals surface area contributed by atoms with Crippen molar-refractivity contribution in [2.45, 2.75) is 4.47 Å². The number of hydrogen-bond acceptors (Lipinski definition) is 0. The zero-order valence-corrected chi connectivity index (χ0v) is 7.02. The second kappa shape index (κ2) is 3.12. The zero-order chi connectivity index (χ0) is 5.82. The van der Waals surface area contributed by atoms with E-state index in [0.29, 0.717) is 0 Å². The van der Waals surface area contributed by atoms with Crippen LogP contribution in [0.2, 0.25) is 0 Å². The van der Waals surface area contributed by atoms with Gasteiger partial charge in [0, 0.05) is 0 Å². The molecule has 0 heterocycles. The van der Waals surface area contributed by atoms with E-state index in [1.807, 2.05) is 40.5 Å². The van der Waals surface area contributed by atoms with Crippen LogP contribution >= 0.6 is 0 Å². The van der Waals surface area contributed by atoms with Crippen molar-refractivity contribution >= 4 is 22.3 Å². The molecule has 0 atom stereocenters. The van der Waals surface area contributed by atoms with Crippen LogP contribution in [0.1, 0.15) is 5.56 Å². The average Bonchev–Trinajstić information content (AvgIpc) is 1.90. The summed E-state index contributed by atoms with van der Waals surface area (Å²) in [5, 5.41) is 0. The van der Waals surface area contributed by atoms with Crippen molar-refractivity contribution in [3.05, 3.63) is 35.9 Å². The molecule has 0 aliphatic heterocycles. The molecule has 8 heavy (non-hydrogen) atoms. The third kappa shape index (κ3) is 1.51. The van der Waals surface area contributed by atoms with Crippen LogP contribution in [0.25, 0.3) is 0 Å². The van der Waals surface area contributed by atoms with Crippen LogP contribution in [-0.4, -0.2) is 22.3 Å². The van der Waals surface area contributed by atoms with Crippen molar-refractivity contribution < 1.29 is 0 Å². The first kappa shape index (κ1) is 6.13. The van der Waals surface area contributed by atoms with Crippen molar-refractivity contribution in [1.82, 2.24) is 0 Å². The van der Waals surface area contributed by atoms with Gasteiger partial charge in [-0.15, -0.1) is 0 Å². The summed E-state index contributed by atoms with van der Waals surface area (Å²) >= 11 is 1.82. The molecular formula is C7H7Te. The van der Waals surface area contributed by atoms with Gasteiger partial charge in [-0.25, -0.2) is 0 Å². The van der Waals surface area contributed by atoms with Gasteiger partial charge in [-0.3, -0.25) is 0 Å². The Balaban J connectivity index is 2.83. The third-order valence-electron chi connectivity index (χ3n) is 0.954. The summed E-state index contributed by atoms with van der Waals surface area (Å²) in [5.74, 6) is 0. The van der Waals surface area contributed by atoms with Gasteiger partial charge in [-0.1, -0.05) is 0 Å². The molecule has 0 nitrogen and oxygen atoms in total. The van der Waals surface area contributed by atoms with E-state index >= 15 is 0 Å². The normalized spacial score (nSPS) is 9.12. The second-order valence-electron chi connectivity index (χ2n) is 1.57. The Labute approximate surface area is 62.8 Å².